The third-order valence-corrected chi connectivity index (χ3v) is 3.80. The summed E-state index contributed by atoms with van der Waals surface area (Å²) in [6.07, 6.45) is 2.63. The first-order chi connectivity index (χ1) is 9.83. The van der Waals surface area contributed by atoms with Gasteiger partial charge in [-0.05, 0) is 48.8 Å². The molecule has 5 heteroatoms. The molecule has 21 heavy (non-hydrogen) atoms. The Balaban J connectivity index is 2.78. The predicted octanol–water partition coefficient (Wildman–Crippen LogP) is 3.16. The van der Waals surface area contributed by atoms with Crippen molar-refractivity contribution in [2.45, 2.75) is 50.9 Å². The third kappa shape index (κ3) is 5.85. The average molecular weight is 294 g/mol. The second kappa shape index (κ2) is 7.67. The quantitative estimate of drug-likeness (QED) is 0.650. The smallest absolute Gasteiger partial charge is 0.303 e. The number of phenols is 1. The SMILES string of the molecule is CC(CCCC(=O)O)(CCCC(=O)O)c1ccc(O)cc1. The summed E-state index contributed by atoms with van der Waals surface area (Å²) < 4.78 is 0. The second-order valence-corrected chi connectivity index (χ2v) is 5.60. The van der Waals surface area contributed by atoms with E-state index in [2.05, 4.69) is 0 Å². The van der Waals surface area contributed by atoms with Gasteiger partial charge in [0.1, 0.15) is 5.75 Å². The van der Waals surface area contributed by atoms with E-state index in [0.717, 1.165) is 5.56 Å². The molecular formula is C16H22O5. The Kier molecular flexibility index (Phi) is 6.21. The number of hydrogen-bond acceptors (Lipinski definition) is 3. The molecule has 0 aliphatic carbocycles. The summed E-state index contributed by atoms with van der Waals surface area (Å²) in [5.41, 5.74) is 0.717. The van der Waals surface area contributed by atoms with Crippen LogP contribution in [0.15, 0.2) is 24.3 Å². The molecule has 0 radical (unpaired) electrons. The van der Waals surface area contributed by atoms with Gasteiger partial charge in [0.05, 0.1) is 0 Å². The van der Waals surface area contributed by atoms with Crippen LogP contribution in [0.3, 0.4) is 0 Å². The number of carboxylic acid groups (broad SMARTS) is 2. The molecule has 116 valence electrons. The Morgan fingerprint density at radius 1 is 0.952 bits per heavy atom. The van der Waals surface area contributed by atoms with Gasteiger partial charge in [0.2, 0.25) is 0 Å². The van der Waals surface area contributed by atoms with E-state index in [0.29, 0.717) is 25.7 Å². The summed E-state index contributed by atoms with van der Waals surface area (Å²) in [5, 5.41) is 26.9. The molecule has 0 bridgehead atoms. The minimum Gasteiger partial charge on any atom is -0.508 e. The highest BCUT2D eigenvalue weighted by molar-refractivity contribution is 5.67. The molecule has 0 amide bonds. The van der Waals surface area contributed by atoms with E-state index in [1.165, 1.54) is 0 Å². The minimum atomic E-state index is -0.825. The highest BCUT2D eigenvalue weighted by Gasteiger charge is 2.26. The van der Waals surface area contributed by atoms with Crippen LogP contribution in [0, 0.1) is 0 Å². The molecule has 1 rings (SSSR count). The van der Waals surface area contributed by atoms with Crippen LogP contribution < -0.4 is 0 Å². The predicted molar refractivity (Wildman–Crippen MR) is 78.4 cm³/mol. The van der Waals surface area contributed by atoms with Crippen molar-refractivity contribution in [1.82, 2.24) is 0 Å². The van der Waals surface area contributed by atoms with Crippen LogP contribution in [0.25, 0.3) is 0 Å². The van der Waals surface area contributed by atoms with Crippen LogP contribution in [0.1, 0.15) is 51.0 Å². The van der Waals surface area contributed by atoms with Crippen molar-refractivity contribution in [2.24, 2.45) is 0 Å². The van der Waals surface area contributed by atoms with Crippen LogP contribution in [0.5, 0.6) is 5.75 Å². The summed E-state index contributed by atoms with van der Waals surface area (Å²) >= 11 is 0. The van der Waals surface area contributed by atoms with Gasteiger partial charge in [-0.1, -0.05) is 19.1 Å². The topological polar surface area (TPSA) is 94.8 Å². The normalized spacial score (nSPS) is 11.3. The zero-order valence-electron chi connectivity index (χ0n) is 12.2. The number of benzene rings is 1. The maximum atomic E-state index is 10.7. The van der Waals surface area contributed by atoms with E-state index >= 15 is 0 Å². The van der Waals surface area contributed by atoms with Gasteiger partial charge in [0, 0.05) is 12.8 Å². The molecule has 0 aromatic heterocycles. The maximum absolute atomic E-state index is 10.7. The highest BCUT2D eigenvalue weighted by atomic mass is 16.4. The summed E-state index contributed by atoms with van der Waals surface area (Å²) in [6.45, 7) is 2.02. The van der Waals surface area contributed by atoms with Gasteiger partial charge in [-0.3, -0.25) is 9.59 Å². The molecule has 0 saturated carbocycles. The molecule has 0 atom stereocenters. The van der Waals surface area contributed by atoms with Crippen LogP contribution >= 0.6 is 0 Å². The maximum Gasteiger partial charge on any atom is 0.303 e. The average Bonchev–Trinajstić information content (AvgIpc) is 2.38. The molecule has 5 nitrogen and oxygen atoms in total. The molecular weight excluding hydrogens is 272 g/mol. The van der Waals surface area contributed by atoms with Crippen molar-refractivity contribution >= 4 is 11.9 Å². The number of rotatable bonds is 9. The lowest BCUT2D eigenvalue weighted by Crippen LogP contribution is -2.22. The van der Waals surface area contributed by atoms with Crippen molar-refractivity contribution in [1.29, 1.82) is 0 Å². The largest absolute Gasteiger partial charge is 0.508 e. The zero-order chi connectivity index (χ0) is 15.9. The van der Waals surface area contributed by atoms with E-state index in [4.69, 9.17) is 10.2 Å². The number of hydrogen-bond donors (Lipinski definition) is 3. The fourth-order valence-electron chi connectivity index (χ4n) is 2.54. The van der Waals surface area contributed by atoms with Crippen LogP contribution in [0.2, 0.25) is 0 Å². The van der Waals surface area contributed by atoms with Gasteiger partial charge in [-0.15, -0.1) is 0 Å². The Labute approximate surface area is 124 Å². The van der Waals surface area contributed by atoms with E-state index in [1.807, 2.05) is 19.1 Å². The van der Waals surface area contributed by atoms with Crippen molar-refractivity contribution in [3.05, 3.63) is 29.8 Å². The standard InChI is InChI=1S/C16H22O5/c1-16(10-2-4-14(18)19,11-3-5-15(20)21)12-6-8-13(17)9-7-12/h6-9,17H,2-5,10-11H2,1H3,(H,18,19)(H,20,21). The van der Waals surface area contributed by atoms with Gasteiger partial charge in [0.25, 0.3) is 0 Å². The molecule has 0 unspecified atom stereocenters. The first-order valence-corrected chi connectivity index (χ1v) is 7.06. The minimum absolute atomic E-state index is 0.104. The summed E-state index contributed by atoms with van der Waals surface area (Å²) in [7, 11) is 0. The van der Waals surface area contributed by atoms with E-state index in [9.17, 15) is 14.7 Å². The zero-order valence-corrected chi connectivity index (χ0v) is 12.2. The first kappa shape index (κ1) is 17.0. The second-order valence-electron chi connectivity index (χ2n) is 5.60. The monoisotopic (exact) mass is 294 g/mol. The van der Waals surface area contributed by atoms with Crippen molar-refractivity contribution in [3.8, 4) is 5.75 Å². The number of aliphatic carboxylic acids is 2. The van der Waals surface area contributed by atoms with Crippen LogP contribution in [-0.4, -0.2) is 27.3 Å². The molecule has 0 saturated heterocycles. The first-order valence-electron chi connectivity index (χ1n) is 7.06. The Morgan fingerprint density at radius 2 is 1.38 bits per heavy atom. The van der Waals surface area contributed by atoms with Crippen LogP contribution in [-0.2, 0) is 15.0 Å². The van der Waals surface area contributed by atoms with Gasteiger partial charge in [-0.2, -0.15) is 0 Å². The van der Waals surface area contributed by atoms with Crippen molar-refractivity contribution in [3.63, 3.8) is 0 Å². The number of carbonyl (C=O) groups is 2. The van der Waals surface area contributed by atoms with Gasteiger partial charge < -0.3 is 15.3 Å². The fourth-order valence-corrected chi connectivity index (χ4v) is 2.54. The third-order valence-electron chi connectivity index (χ3n) is 3.80. The lowest BCUT2D eigenvalue weighted by atomic mass is 9.74. The Bertz CT molecular complexity index is 458. The number of phenolic OH excluding ortho intramolecular Hbond substituents is 1. The molecule has 0 fully saturated rings. The van der Waals surface area contributed by atoms with E-state index in [-0.39, 0.29) is 24.0 Å². The summed E-state index contributed by atoms with van der Waals surface area (Å²) in [4.78, 5) is 21.3. The lowest BCUT2D eigenvalue weighted by Gasteiger charge is -2.30. The van der Waals surface area contributed by atoms with Crippen molar-refractivity contribution < 1.29 is 24.9 Å². The number of aromatic hydroxyl groups is 1. The summed E-state index contributed by atoms with van der Waals surface area (Å²) in [6, 6.07) is 6.83. The van der Waals surface area contributed by atoms with Crippen molar-refractivity contribution in [2.75, 3.05) is 0 Å². The molecule has 0 aliphatic heterocycles. The Morgan fingerprint density at radius 3 is 1.76 bits per heavy atom. The van der Waals surface area contributed by atoms with E-state index in [1.54, 1.807) is 12.1 Å². The molecule has 0 aliphatic rings. The van der Waals surface area contributed by atoms with E-state index < -0.39 is 11.9 Å². The molecule has 1 aromatic rings. The van der Waals surface area contributed by atoms with Crippen LogP contribution in [0.4, 0.5) is 0 Å². The summed E-state index contributed by atoms with van der Waals surface area (Å²) in [5.74, 6) is -1.47. The molecule has 0 spiro atoms. The lowest BCUT2D eigenvalue weighted by molar-refractivity contribution is -0.138. The fraction of sp³-hybridized carbons (Fsp3) is 0.500. The molecule has 0 heterocycles. The molecule has 3 N–H and O–H groups in total. The van der Waals surface area contributed by atoms with Gasteiger partial charge >= 0.3 is 11.9 Å². The van der Waals surface area contributed by atoms with Gasteiger partial charge in [-0.25, -0.2) is 0 Å². The molecule has 1 aromatic carbocycles. The highest BCUT2D eigenvalue weighted by Crippen LogP contribution is 2.35. The Hall–Kier alpha value is -2.04. The van der Waals surface area contributed by atoms with Gasteiger partial charge in [0.15, 0.2) is 0 Å². The number of carboxylic acids is 2.